The van der Waals surface area contributed by atoms with Gasteiger partial charge in [0.2, 0.25) is 0 Å². The fraction of sp³-hybridized carbons (Fsp3) is 0.200. The van der Waals surface area contributed by atoms with Crippen LogP contribution in [0, 0.1) is 0 Å². The van der Waals surface area contributed by atoms with Crippen LogP contribution in [0.5, 0.6) is 0 Å². The number of Topliss-reactive ketones (excluding diaryl/α,β-unsaturated/α-hetero) is 1. The molecule has 5 heteroatoms. The Morgan fingerprint density at radius 3 is 3.07 bits per heavy atom. The van der Waals surface area contributed by atoms with Crippen molar-refractivity contribution in [1.29, 1.82) is 0 Å². The molecule has 0 unspecified atom stereocenters. The molecule has 0 bridgehead atoms. The highest BCUT2D eigenvalue weighted by atomic mass is 79.9. The minimum Gasteiger partial charge on any atom is -0.399 e. The minimum atomic E-state index is 0.0891. The Labute approximate surface area is 95.2 Å². The van der Waals surface area contributed by atoms with Gasteiger partial charge in [0.1, 0.15) is 16.2 Å². The second kappa shape index (κ2) is 3.66. The third-order valence-electron chi connectivity index (χ3n) is 2.10. The van der Waals surface area contributed by atoms with E-state index in [9.17, 15) is 4.79 Å². The van der Waals surface area contributed by atoms with Crippen LogP contribution in [-0.2, 0) is 11.2 Å². The van der Waals surface area contributed by atoms with Gasteiger partial charge >= 0.3 is 0 Å². The molecule has 0 aromatic carbocycles. The Morgan fingerprint density at radius 1 is 1.67 bits per heavy atom. The number of halogens is 1. The number of nitrogen functional groups attached to an aromatic ring is 1. The summed E-state index contributed by atoms with van der Waals surface area (Å²) < 4.78 is 2.58. The van der Waals surface area contributed by atoms with E-state index in [2.05, 4.69) is 20.9 Å². The number of ketones is 1. The van der Waals surface area contributed by atoms with Crippen molar-refractivity contribution in [3.63, 3.8) is 0 Å². The molecule has 15 heavy (non-hydrogen) atoms. The maximum absolute atomic E-state index is 11.0. The Balaban J connectivity index is 2.62. The quantitative estimate of drug-likeness (QED) is 0.903. The maximum Gasteiger partial charge on any atom is 0.137 e. The van der Waals surface area contributed by atoms with Crippen molar-refractivity contribution in [2.24, 2.45) is 0 Å². The zero-order chi connectivity index (χ0) is 11.0. The van der Waals surface area contributed by atoms with Gasteiger partial charge in [0.15, 0.2) is 0 Å². The van der Waals surface area contributed by atoms with Crippen molar-refractivity contribution < 1.29 is 4.79 Å². The molecule has 0 amide bonds. The SMILES string of the molecule is CC(=O)Cc1nc(Br)c2cc(N)ccn12. The molecule has 2 aromatic rings. The van der Waals surface area contributed by atoms with E-state index in [4.69, 9.17) is 5.73 Å². The molecular weight excluding hydrogens is 258 g/mol. The lowest BCUT2D eigenvalue weighted by molar-refractivity contribution is -0.116. The van der Waals surface area contributed by atoms with Crippen LogP contribution in [0.4, 0.5) is 5.69 Å². The molecule has 2 rings (SSSR count). The summed E-state index contributed by atoms with van der Waals surface area (Å²) in [4.78, 5) is 15.3. The minimum absolute atomic E-state index is 0.0891. The van der Waals surface area contributed by atoms with E-state index in [1.54, 1.807) is 13.0 Å². The molecule has 2 N–H and O–H groups in total. The second-order valence-corrected chi connectivity index (χ2v) is 4.16. The first-order chi connectivity index (χ1) is 7.08. The van der Waals surface area contributed by atoms with Crippen molar-refractivity contribution >= 4 is 32.9 Å². The molecule has 0 atom stereocenters. The Bertz CT molecular complexity index is 533. The van der Waals surface area contributed by atoms with Gasteiger partial charge in [-0.2, -0.15) is 0 Å². The normalized spacial score (nSPS) is 10.8. The van der Waals surface area contributed by atoms with Crippen LogP contribution in [0.3, 0.4) is 0 Å². The molecule has 0 saturated carbocycles. The molecule has 0 aliphatic rings. The van der Waals surface area contributed by atoms with Crippen LogP contribution in [-0.4, -0.2) is 15.2 Å². The molecule has 0 spiro atoms. The topological polar surface area (TPSA) is 60.4 Å². The number of anilines is 1. The first kappa shape index (κ1) is 10.2. The Hall–Kier alpha value is -1.36. The summed E-state index contributed by atoms with van der Waals surface area (Å²) in [5, 5.41) is 0. The molecule has 0 saturated heterocycles. The van der Waals surface area contributed by atoms with E-state index in [-0.39, 0.29) is 5.78 Å². The smallest absolute Gasteiger partial charge is 0.137 e. The van der Waals surface area contributed by atoms with E-state index < -0.39 is 0 Å². The summed E-state index contributed by atoms with van der Waals surface area (Å²) in [7, 11) is 0. The van der Waals surface area contributed by atoms with Crippen molar-refractivity contribution in [3.05, 3.63) is 28.8 Å². The summed E-state index contributed by atoms with van der Waals surface area (Å²) in [6, 6.07) is 3.60. The highest BCUT2D eigenvalue weighted by Gasteiger charge is 2.10. The van der Waals surface area contributed by atoms with E-state index >= 15 is 0 Å². The number of carbonyl (C=O) groups excluding carboxylic acids is 1. The molecule has 0 aliphatic heterocycles. The van der Waals surface area contributed by atoms with Gasteiger partial charge in [-0.15, -0.1) is 0 Å². The van der Waals surface area contributed by atoms with E-state index in [0.29, 0.717) is 16.7 Å². The van der Waals surface area contributed by atoms with E-state index in [0.717, 1.165) is 11.3 Å². The first-order valence-corrected chi connectivity index (χ1v) is 5.28. The third-order valence-corrected chi connectivity index (χ3v) is 2.69. The van der Waals surface area contributed by atoms with Crippen LogP contribution >= 0.6 is 15.9 Å². The number of imidazole rings is 1. The number of aromatic nitrogens is 2. The molecule has 0 fully saturated rings. The number of hydrogen-bond donors (Lipinski definition) is 1. The van der Waals surface area contributed by atoms with Gasteiger partial charge in [-0.1, -0.05) is 0 Å². The highest BCUT2D eigenvalue weighted by Crippen LogP contribution is 2.21. The number of hydrogen-bond acceptors (Lipinski definition) is 3. The van der Waals surface area contributed by atoms with Gasteiger partial charge in [-0.25, -0.2) is 4.98 Å². The molecule has 78 valence electrons. The third kappa shape index (κ3) is 1.87. The summed E-state index contributed by atoms with van der Waals surface area (Å²) >= 11 is 3.34. The zero-order valence-corrected chi connectivity index (χ0v) is 9.78. The van der Waals surface area contributed by atoms with Gasteiger partial charge in [0.25, 0.3) is 0 Å². The second-order valence-electron chi connectivity index (χ2n) is 3.41. The molecule has 0 radical (unpaired) electrons. The van der Waals surface area contributed by atoms with Crippen molar-refractivity contribution in [2.75, 3.05) is 5.73 Å². The predicted octanol–water partition coefficient (Wildman–Crippen LogP) is 1.81. The summed E-state index contributed by atoms with van der Waals surface area (Å²) in [6.07, 6.45) is 2.15. The van der Waals surface area contributed by atoms with Crippen LogP contribution in [0.15, 0.2) is 22.9 Å². The summed E-state index contributed by atoms with van der Waals surface area (Å²) in [6.45, 7) is 1.55. The fourth-order valence-electron chi connectivity index (χ4n) is 1.47. The van der Waals surface area contributed by atoms with E-state index in [1.807, 2.05) is 16.7 Å². The number of pyridine rings is 1. The Kier molecular flexibility index (Phi) is 2.48. The number of nitrogens with two attached hydrogens (primary N) is 1. The van der Waals surface area contributed by atoms with Gasteiger partial charge in [-0.3, -0.25) is 4.79 Å². The van der Waals surface area contributed by atoms with Gasteiger partial charge < -0.3 is 10.1 Å². The van der Waals surface area contributed by atoms with Crippen molar-refractivity contribution in [1.82, 2.24) is 9.38 Å². The summed E-state index contributed by atoms with van der Waals surface area (Å²) in [5.41, 5.74) is 7.23. The van der Waals surface area contributed by atoms with Crippen LogP contribution in [0.25, 0.3) is 5.52 Å². The van der Waals surface area contributed by atoms with Crippen molar-refractivity contribution in [2.45, 2.75) is 13.3 Å². The molecular formula is C10H10BrN3O. The van der Waals surface area contributed by atoms with Crippen LogP contribution in [0.2, 0.25) is 0 Å². The number of rotatable bonds is 2. The standard InChI is InChI=1S/C10H10BrN3O/c1-6(15)4-9-13-10(11)8-5-7(12)2-3-14(8)9/h2-3,5H,4,12H2,1H3. The van der Waals surface area contributed by atoms with Crippen LogP contribution < -0.4 is 5.73 Å². The van der Waals surface area contributed by atoms with Crippen molar-refractivity contribution in [3.8, 4) is 0 Å². The first-order valence-electron chi connectivity index (χ1n) is 4.49. The van der Waals surface area contributed by atoms with Gasteiger partial charge in [0, 0.05) is 11.9 Å². The monoisotopic (exact) mass is 267 g/mol. The van der Waals surface area contributed by atoms with Gasteiger partial charge in [-0.05, 0) is 35.0 Å². The average molecular weight is 268 g/mol. The lowest BCUT2D eigenvalue weighted by atomic mass is 10.3. The molecule has 2 heterocycles. The maximum atomic E-state index is 11.0. The lowest BCUT2D eigenvalue weighted by Gasteiger charge is -1.99. The highest BCUT2D eigenvalue weighted by molar-refractivity contribution is 9.10. The van der Waals surface area contributed by atoms with E-state index in [1.165, 1.54) is 0 Å². The number of fused-ring (bicyclic) bond motifs is 1. The lowest BCUT2D eigenvalue weighted by Crippen LogP contribution is -2.02. The average Bonchev–Trinajstić information content (AvgIpc) is 2.42. The Morgan fingerprint density at radius 2 is 2.40 bits per heavy atom. The molecule has 4 nitrogen and oxygen atoms in total. The molecule has 0 aliphatic carbocycles. The number of carbonyl (C=O) groups is 1. The predicted molar refractivity (Wildman–Crippen MR) is 61.7 cm³/mol. The number of nitrogens with zero attached hydrogens (tertiary/aromatic N) is 2. The largest absolute Gasteiger partial charge is 0.399 e. The van der Waals surface area contributed by atoms with Crippen LogP contribution in [0.1, 0.15) is 12.7 Å². The zero-order valence-electron chi connectivity index (χ0n) is 8.20. The molecule has 2 aromatic heterocycles. The fourth-order valence-corrected chi connectivity index (χ4v) is 1.98. The van der Waals surface area contributed by atoms with Gasteiger partial charge in [0.05, 0.1) is 11.9 Å². The summed E-state index contributed by atoms with van der Waals surface area (Å²) in [5.74, 6) is 0.815.